The normalized spacial score (nSPS) is 40.8. The molecule has 2 N–H and O–H groups in total. The summed E-state index contributed by atoms with van der Waals surface area (Å²) in [6.45, 7) is 1.90. The fourth-order valence-electron chi connectivity index (χ4n) is 2.41. The Labute approximate surface area is 84.5 Å². The van der Waals surface area contributed by atoms with Gasteiger partial charge in [-0.05, 0) is 49.7 Å². The molecule has 0 saturated carbocycles. The lowest BCUT2D eigenvalue weighted by molar-refractivity contribution is -0.00300. The van der Waals surface area contributed by atoms with Gasteiger partial charge in [0.15, 0.2) is 0 Å². The van der Waals surface area contributed by atoms with Gasteiger partial charge >= 0.3 is 0 Å². The Morgan fingerprint density at radius 3 is 3.08 bits per heavy atom. The van der Waals surface area contributed by atoms with Crippen molar-refractivity contribution < 1.29 is 5.11 Å². The van der Waals surface area contributed by atoms with Crippen LogP contribution < -0.4 is 5.32 Å². The van der Waals surface area contributed by atoms with Crippen LogP contribution in [-0.4, -0.2) is 35.3 Å². The summed E-state index contributed by atoms with van der Waals surface area (Å²) in [5, 5.41) is 13.6. The molecule has 2 unspecified atom stereocenters. The van der Waals surface area contributed by atoms with Crippen molar-refractivity contribution in [2.75, 3.05) is 24.6 Å². The molecule has 13 heavy (non-hydrogen) atoms. The molecule has 3 heteroatoms. The molecule has 2 aliphatic rings. The average Bonchev–Trinajstić information content (AvgIpc) is 2.57. The fourth-order valence-corrected chi connectivity index (χ4v) is 3.69. The maximum absolute atomic E-state index is 10.3. The summed E-state index contributed by atoms with van der Waals surface area (Å²) in [5.74, 6) is 3.34. The Balaban J connectivity index is 1.83. The summed E-state index contributed by atoms with van der Waals surface area (Å²) < 4.78 is 0. The van der Waals surface area contributed by atoms with Crippen molar-refractivity contribution in [2.24, 2.45) is 5.92 Å². The number of hydrogen-bond donors (Lipinski definition) is 2. The van der Waals surface area contributed by atoms with Crippen molar-refractivity contribution in [1.82, 2.24) is 5.32 Å². The van der Waals surface area contributed by atoms with Crippen LogP contribution in [0.5, 0.6) is 0 Å². The summed E-state index contributed by atoms with van der Waals surface area (Å²) in [4.78, 5) is 0. The third-order valence-electron chi connectivity index (χ3n) is 3.14. The van der Waals surface area contributed by atoms with Gasteiger partial charge < -0.3 is 10.4 Å². The Kier molecular flexibility index (Phi) is 3.17. The highest BCUT2D eigenvalue weighted by Crippen LogP contribution is 2.32. The van der Waals surface area contributed by atoms with Gasteiger partial charge in [0.1, 0.15) is 0 Å². The van der Waals surface area contributed by atoms with Gasteiger partial charge in [0.25, 0.3) is 0 Å². The molecule has 0 radical (unpaired) electrons. The van der Waals surface area contributed by atoms with E-state index in [4.69, 9.17) is 0 Å². The number of nitrogens with one attached hydrogen (secondary N) is 1. The van der Waals surface area contributed by atoms with Crippen LogP contribution in [-0.2, 0) is 0 Å². The zero-order chi connectivity index (χ0) is 9.15. The van der Waals surface area contributed by atoms with Crippen LogP contribution in [0, 0.1) is 5.92 Å². The van der Waals surface area contributed by atoms with Gasteiger partial charge in [0.05, 0.1) is 5.60 Å². The molecule has 2 nitrogen and oxygen atoms in total. The van der Waals surface area contributed by atoms with E-state index in [0.717, 1.165) is 38.3 Å². The summed E-state index contributed by atoms with van der Waals surface area (Å²) in [5.41, 5.74) is -0.381. The second-order valence-corrected chi connectivity index (χ2v) is 5.59. The first-order chi connectivity index (χ1) is 6.29. The summed E-state index contributed by atoms with van der Waals surface area (Å²) >= 11 is 2.04. The zero-order valence-corrected chi connectivity index (χ0v) is 8.91. The van der Waals surface area contributed by atoms with Crippen molar-refractivity contribution in [3.8, 4) is 0 Å². The molecule has 0 aromatic rings. The quantitative estimate of drug-likeness (QED) is 0.705. The maximum Gasteiger partial charge on any atom is 0.0775 e. The average molecular weight is 201 g/mol. The number of β-amino-alcohol motifs (C(OH)–C–C–N with tert-alkyl or cyclic N) is 1. The van der Waals surface area contributed by atoms with Gasteiger partial charge in [-0.15, -0.1) is 0 Å². The van der Waals surface area contributed by atoms with Gasteiger partial charge in [0.2, 0.25) is 0 Å². The van der Waals surface area contributed by atoms with E-state index in [1.54, 1.807) is 0 Å². The molecule has 0 aliphatic carbocycles. The number of hydrogen-bond acceptors (Lipinski definition) is 3. The molecule has 76 valence electrons. The van der Waals surface area contributed by atoms with E-state index in [-0.39, 0.29) is 5.60 Å². The highest BCUT2D eigenvalue weighted by Gasteiger charge is 2.33. The lowest BCUT2D eigenvalue weighted by Crippen LogP contribution is -2.46. The van der Waals surface area contributed by atoms with Crippen molar-refractivity contribution in [3.63, 3.8) is 0 Å². The lowest BCUT2D eigenvalue weighted by Gasteiger charge is -2.34. The van der Waals surface area contributed by atoms with E-state index >= 15 is 0 Å². The second kappa shape index (κ2) is 4.20. The molecule has 0 spiro atoms. The SMILES string of the molecule is OC1(CC2CCSC2)CCCNC1. The standard InChI is InChI=1S/C10H19NOS/c12-10(3-1-4-11-8-10)6-9-2-5-13-7-9/h9,11-12H,1-8H2. The van der Waals surface area contributed by atoms with Crippen LogP contribution in [0.4, 0.5) is 0 Å². The topological polar surface area (TPSA) is 32.3 Å². The number of piperidine rings is 1. The third kappa shape index (κ3) is 2.61. The molecule has 0 aromatic carbocycles. The van der Waals surface area contributed by atoms with Crippen LogP contribution in [0.15, 0.2) is 0 Å². The minimum atomic E-state index is -0.381. The molecule has 2 fully saturated rings. The first kappa shape index (κ1) is 9.81. The molecule has 2 rings (SSSR count). The van der Waals surface area contributed by atoms with Crippen molar-refractivity contribution in [2.45, 2.75) is 31.3 Å². The number of thioether (sulfide) groups is 1. The van der Waals surface area contributed by atoms with Crippen molar-refractivity contribution in [3.05, 3.63) is 0 Å². The van der Waals surface area contributed by atoms with Gasteiger partial charge in [-0.3, -0.25) is 0 Å². The molecule has 2 saturated heterocycles. The summed E-state index contributed by atoms with van der Waals surface area (Å²) in [6.07, 6.45) is 4.47. The Bertz CT molecular complexity index is 162. The zero-order valence-electron chi connectivity index (χ0n) is 8.09. The monoisotopic (exact) mass is 201 g/mol. The van der Waals surface area contributed by atoms with Crippen molar-refractivity contribution in [1.29, 1.82) is 0 Å². The third-order valence-corrected chi connectivity index (χ3v) is 4.37. The van der Waals surface area contributed by atoms with Crippen molar-refractivity contribution >= 4 is 11.8 Å². The van der Waals surface area contributed by atoms with E-state index < -0.39 is 0 Å². The highest BCUT2D eigenvalue weighted by molar-refractivity contribution is 7.99. The first-order valence-corrected chi connectivity index (χ1v) is 6.45. The van der Waals surface area contributed by atoms with E-state index in [1.807, 2.05) is 11.8 Å². The molecular weight excluding hydrogens is 182 g/mol. The largest absolute Gasteiger partial charge is 0.389 e. The first-order valence-electron chi connectivity index (χ1n) is 5.29. The predicted molar refractivity (Wildman–Crippen MR) is 57.1 cm³/mol. The summed E-state index contributed by atoms with van der Waals surface area (Å²) in [6, 6.07) is 0. The van der Waals surface area contributed by atoms with E-state index in [0.29, 0.717) is 0 Å². The van der Waals surface area contributed by atoms with E-state index in [2.05, 4.69) is 5.32 Å². The Morgan fingerprint density at radius 1 is 1.54 bits per heavy atom. The molecule has 2 heterocycles. The van der Waals surface area contributed by atoms with Crippen LogP contribution in [0.2, 0.25) is 0 Å². The Hall–Kier alpha value is 0.270. The van der Waals surface area contributed by atoms with Crippen LogP contribution in [0.1, 0.15) is 25.7 Å². The predicted octanol–water partition coefficient (Wildman–Crippen LogP) is 1.24. The number of aliphatic hydroxyl groups is 1. The highest BCUT2D eigenvalue weighted by atomic mass is 32.2. The van der Waals surface area contributed by atoms with Crippen LogP contribution >= 0.6 is 11.8 Å². The maximum atomic E-state index is 10.3. The van der Waals surface area contributed by atoms with Crippen LogP contribution in [0.25, 0.3) is 0 Å². The smallest absolute Gasteiger partial charge is 0.0775 e. The van der Waals surface area contributed by atoms with Crippen LogP contribution in [0.3, 0.4) is 0 Å². The van der Waals surface area contributed by atoms with E-state index in [9.17, 15) is 5.11 Å². The fraction of sp³-hybridized carbons (Fsp3) is 1.00. The second-order valence-electron chi connectivity index (χ2n) is 4.44. The Morgan fingerprint density at radius 2 is 2.46 bits per heavy atom. The number of rotatable bonds is 2. The minimum Gasteiger partial charge on any atom is -0.389 e. The summed E-state index contributed by atoms with van der Waals surface area (Å²) in [7, 11) is 0. The van der Waals surface area contributed by atoms with Gasteiger partial charge in [-0.1, -0.05) is 0 Å². The molecule has 2 aliphatic heterocycles. The van der Waals surface area contributed by atoms with Gasteiger partial charge in [-0.2, -0.15) is 11.8 Å². The molecule has 2 atom stereocenters. The molecule has 0 aromatic heterocycles. The van der Waals surface area contributed by atoms with Gasteiger partial charge in [-0.25, -0.2) is 0 Å². The molecule has 0 bridgehead atoms. The lowest BCUT2D eigenvalue weighted by atomic mass is 9.84. The molecular formula is C10H19NOS. The minimum absolute atomic E-state index is 0.381. The van der Waals surface area contributed by atoms with Gasteiger partial charge in [0, 0.05) is 6.54 Å². The van der Waals surface area contributed by atoms with E-state index in [1.165, 1.54) is 17.9 Å². The molecule has 0 amide bonds.